The van der Waals surface area contributed by atoms with Crippen LogP contribution < -0.4 is 11.2 Å². The summed E-state index contributed by atoms with van der Waals surface area (Å²) >= 11 is 0. The minimum absolute atomic E-state index is 0.122. The van der Waals surface area contributed by atoms with Crippen molar-refractivity contribution < 1.29 is 14.3 Å². The molecule has 0 unspecified atom stereocenters. The molecule has 1 saturated heterocycles. The highest BCUT2D eigenvalue weighted by Gasteiger charge is 2.37. The molecule has 1 aromatic rings. The molecule has 0 spiro atoms. The van der Waals surface area contributed by atoms with Crippen LogP contribution in [0.1, 0.15) is 31.6 Å². The summed E-state index contributed by atoms with van der Waals surface area (Å²) < 4.78 is 12.4. The molecule has 0 bridgehead atoms. The third kappa shape index (κ3) is 4.58. The van der Waals surface area contributed by atoms with Crippen LogP contribution in [-0.4, -0.2) is 45.7 Å². The topological polar surface area (TPSA) is 142 Å². The van der Waals surface area contributed by atoms with Crippen LogP contribution in [-0.2, 0) is 14.3 Å². The summed E-state index contributed by atoms with van der Waals surface area (Å²) in [5.74, 6) is -0.475. The zero-order valence-corrected chi connectivity index (χ0v) is 16.1. The molecule has 3 atom stereocenters. The van der Waals surface area contributed by atoms with Crippen molar-refractivity contribution in [2.24, 2.45) is 5.11 Å². The molecule has 2 aliphatic heterocycles. The minimum atomic E-state index is -0.746. The quantitative estimate of drug-likeness (QED) is 0.330. The molecule has 0 amide bonds. The third-order valence-corrected chi connectivity index (χ3v) is 4.82. The maximum Gasteiger partial charge on any atom is 0.335 e. The highest BCUT2D eigenvalue weighted by atomic mass is 16.6. The number of nitrogens with zero attached hydrogens (tertiary/aromatic N) is 5. The van der Waals surface area contributed by atoms with E-state index in [0.29, 0.717) is 17.6 Å². The van der Waals surface area contributed by atoms with E-state index in [9.17, 15) is 14.4 Å². The molecule has 3 heterocycles. The molecule has 1 fully saturated rings. The Morgan fingerprint density at radius 3 is 3.00 bits per heavy atom. The van der Waals surface area contributed by atoms with Crippen molar-refractivity contribution in [2.75, 3.05) is 13.2 Å². The molecule has 0 saturated carbocycles. The van der Waals surface area contributed by atoms with Crippen molar-refractivity contribution in [1.29, 1.82) is 0 Å². The van der Waals surface area contributed by atoms with E-state index < -0.39 is 35.6 Å². The normalized spacial score (nSPS) is 23.4. The lowest BCUT2D eigenvalue weighted by molar-refractivity contribution is -0.144. The molecule has 29 heavy (non-hydrogen) atoms. The Labute approximate surface area is 165 Å². The average Bonchev–Trinajstić information content (AvgIpc) is 3.11. The maximum absolute atomic E-state index is 12.4. The number of allylic oxidation sites excluding steroid dienone is 1. The van der Waals surface area contributed by atoms with E-state index in [2.05, 4.69) is 15.0 Å². The first kappa shape index (κ1) is 20.4. The molecular weight excluding hydrogens is 380 g/mol. The Bertz CT molecular complexity index is 1000. The van der Waals surface area contributed by atoms with Crippen LogP contribution in [0.5, 0.6) is 0 Å². The number of aromatic nitrogens is 2. The van der Waals surface area contributed by atoms with Crippen molar-refractivity contribution in [3.63, 3.8) is 0 Å². The largest absolute Gasteiger partial charge is 0.460 e. The molecule has 2 aliphatic rings. The second-order valence-electron chi connectivity index (χ2n) is 6.79. The lowest BCUT2D eigenvalue weighted by atomic mass is 10.1. The Balaban J connectivity index is 1.70. The summed E-state index contributed by atoms with van der Waals surface area (Å²) in [4.78, 5) is 42.9. The van der Waals surface area contributed by atoms with Gasteiger partial charge in [-0.2, -0.15) is 0 Å². The SMILES string of the molecule is CCN1C=CCC(C(=O)OC[C@H]2O[C@@H](n3cc(C)c(=O)[nH]c3=O)C[C@@H]2N=[N+]=[N-])=C1. The first-order chi connectivity index (χ1) is 13.9. The van der Waals surface area contributed by atoms with E-state index in [-0.39, 0.29) is 13.0 Å². The number of carbonyl (C=O) groups is 1. The van der Waals surface area contributed by atoms with E-state index in [1.807, 2.05) is 24.1 Å². The van der Waals surface area contributed by atoms with E-state index in [4.69, 9.17) is 15.0 Å². The standard InChI is InChI=1S/C18H22N6O5/c1-3-23-6-4-5-12(9-23)17(26)28-10-14-13(21-22-19)7-15(29-14)24-8-11(2)16(25)20-18(24)27/h4,6,8-9,13-15H,3,5,7,10H2,1-2H3,(H,20,25,27)/t13-,14+,15+/m0/s1. The second kappa shape index (κ2) is 8.80. The van der Waals surface area contributed by atoms with Crippen LogP contribution in [0.3, 0.4) is 0 Å². The molecule has 3 rings (SSSR count). The lowest BCUT2D eigenvalue weighted by Gasteiger charge is -2.20. The molecule has 0 radical (unpaired) electrons. The van der Waals surface area contributed by atoms with E-state index in [0.717, 1.165) is 6.54 Å². The van der Waals surface area contributed by atoms with E-state index in [1.165, 1.54) is 10.8 Å². The number of esters is 1. The van der Waals surface area contributed by atoms with E-state index in [1.54, 1.807) is 13.1 Å². The van der Waals surface area contributed by atoms with Gasteiger partial charge in [-0.05, 0) is 25.6 Å². The van der Waals surface area contributed by atoms with Gasteiger partial charge in [0.15, 0.2) is 0 Å². The zero-order valence-electron chi connectivity index (χ0n) is 16.1. The van der Waals surface area contributed by atoms with Gasteiger partial charge in [0.05, 0.1) is 11.6 Å². The van der Waals surface area contributed by atoms with Gasteiger partial charge in [0.2, 0.25) is 0 Å². The fraction of sp³-hybridized carbons (Fsp3) is 0.500. The Morgan fingerprint density at radius 1 is 1.48 bits per heavy atom. The summed E-state index contributed by atoms with van der Waals surface area (Å²) in [6.45, 7) is 4.14. The smallest absolute Gasteiger partial charge is 0.335 e. The van der Waals surface area contributed by atoms with E-state index >= 15 is 0 Å². The number of nitrogens with one attached hydrogen (secondary N) is 1. The number of ether oxygens (including phenoxy) is 2. The fourth-order valence-electron chi connectivity index (χ4n) is 3.22. The number of rotatable bonds is 6. The van der Waals surface area contributed by atoms with Crippen molar-refractivity contribution >= 4 is 5.97 Å². The predicted octanol–water partition coefficient (Wildman–Crippen LogP) is 1.48. The number of carbonyl (C=O) groups excluding carboxylic acids is 1. The molecule has 0 aliphatic carbocycles. The van der Waals surface area contributed by atoms with Gasteiger partial charge in [0, 0.05) is 42.3 Å². The van der Waals surface area contributed by atoms with Crippen LogP contribution in [0.25, 0.3) is 10.4 Å². The van der Waals surface area contributed by atoms with Crippen molar-refractivity contribution in [1.82, 2.24) is 14.5 Å². The van der Waals surface area contributed by atoms with Crippen LogP contribution in [0.4, 0.5) is 0 Å². The van der Waals surface area contributed by atoms with Crippen LogP contribution in [0, 0.1) is 6.92 Å². The Morgan fingerprint density at radius 2 is 2.28 bits per heavy atom. The van der Waals surface area contributed by atoms with Gasteiger partial charge < -0.3 is 14.4 Å². The van der Waals surface area contributed by atoms with Crippen LogP contribution in [0.2, 0.25) is 0 Å². The Hall–Kier alpha value is -3.30. The monoisotopic (exact) mass is 402 g/mol. The second-order valence-corrected chi connectivity index (χ2v) is 6.79. The van der Waals surface area contributed by atoms with Crippen molar-refractivity contribution in [3.05, 3.63) is 67.1 Å². The van der Waals surface area contributed by atoms with Gasteiger partial charge in [-0.3, -0.25) is 14.3 Å². The molecule has 154 valence electrons. The number of aromatic amines is 1. The molecule has 0 aromatic carbocycles. The van der Waals surface area contributed by atoms with Crippen LogP contribution >= 0.6 is 0 Å². The molecular formula is C18H22N6O5. The summed E-state index contributed by atoms with van der Waals surface area (Å²) in [7, 11) is 0. The van der Waals surface area contributed by atoms with Gasteiger partial charge in [0.1, 0.15) is 18.9 Å². The molecule has 1 N–H and O–H groups in total. The van der Waals surface area contributed by atoms with Gasteiger partial charge in [-0.1, -0.05) is 11.2 Å². The van der Waals surface area contributed by atoms with Crippen LogP contribution in [0.15, 0.2) is 44.9 Å². The van der Waals surface area contributed by atoms with Crippen molar-refractivity contribution in [2.45, 2.75) is 45.1 Å². The number of hydrogen-bond acceptors (Lipinski definition) is 7. The summed E-state index contributed by atoms with van der Waals surface area (Å²) in [6, 6.07) is -0.621. The number of aryl methyl sites for hydroxylation is 1. The zero-order chi connectivity index (χ0) is 21.0. The third-order valence-electron chi connectivity index (χ3n) is 4.82. The van der Waals surface area contributed by atoms with Gasteiger partial charge in [0.25, 0.3) is 5.56 Å². The summed E-state index contributed by atoms with van der Waals surface area (Å²) in [6.07, 6.45) is 6.12. The average molecular weight is 402 g/mol. The number of H-pyrrole nitrogens is 1. The first-order valence-electron chi connectivity index (χ1n) is 9.25. The van der Waals surface area contributed by atoms with Gasteiger partial charge >= 0.3 is 11.7 Å². The number of hydrogen-bond donors (Lipinski definition) is 1. The lowest BCUT2D eigenvalue weighted by Crippen LogP contribution is -2.33. The minimum Gasteiger partial charge on any atom is -0.460 e. The van der Waals surface area contributed by atoms with Gasteiger partial charge in [-0.25, -0.2) is 9.59 Å². The molecule has 11 nitrogen and oxygen atoms in total. The number of azide groups is 1. The molecule has 1 aromatic heterocycles. The summed E-state index contributed by atoms with van der Waals surface area (Å²) in [5.41, 5.74) is 8.59. The first-order valence-corrected chi connectivity index (χ1v) is 9.25. The predicted molar refractivity (Wildman–Crippen MR) is 103 cm³/mol. The van der Waals surface area contributed by atoms with Crippen molar-refractivity contribution in [3.8, 4) is 0 Å². The molecule has 11 heteroatoms. The summed E-state index contributed by atoms with van der Waals surface area (Å²) in [5, 5.41) is 3.71. The Kier molecular flexibility index (Phi) is 6.20. The highest BCUT2D eigenvalue weighted by molar-refractivity contribution is 5.88. The fourth-order valence-corrected chi connectivity index (χ4v) is 3.22. The highest BCUT2D eigenvalue weighted by Crippen LogP contribution is 2.30. The van der Waals surface area contributed by atoms with Gasteiger partial charge in [-0.15, -0.1) is 0 Å². The maximum atomic E-state index is 12.4.